The monoisotopic (exact) mass is 395 g/mol. The van der Waals surface area contributed by atoms with Crippen molar-refractivity contribution in [1.29, 1.82) is 0 Å². The Morgan fingerprint density at radius 3 is 2.55 bits per heavy atom. The van der Waals surface area contributed by atoms with Crippen molar-refractivity contribution in [3.05, 3.63) is 65.1 Å². The molecule has 0 saturated carbocycles. The summed E-state index contributed by atoms with van der Waals surface area (Å²) < 4.78 is 19.2. The molecule has 0 radical (unpaired) electrons. The minimum atomic E-state index is -0.270. The number of rotatable bonds is 5. The van der Waals surface area contributed by atoms with Gasteiger partial charge in [0.15, 0.2) is 5.58 Å². The zero-order valence-electron chi connectivity index (χ0n) is 16.4. The normalized spacial score (nSPS) is 19.7. The number of fused-ring (bicyclic) bond motifs is 2. The highest BCUT2D eigenvalue weighted by Gasteiger charge is 2.29. The lowest BCUT2D eigenvalue weighted by Crippen LogP contribution is -2.48. The Morgan fingerprint density at radius 1 is 1.14 bits per heavy atom. The van der Waals surface area contributed by atoms with Crippen LogP contribution < -0.4 is 0 Å². The van der Waals surface area contributed by atoms with Gasteiger partial charge in [-0.1, -0.05) is 29.4 Å². The van der Waals surface area contributed by atoms with Gasteiger partial charge in [-0.2, -0.15) is 0 Å². The highest BCUT2D eigenvalue weighted by atomic mass is 19.1. The summed E-state index contributed by atoms with van der Waals surface area (Å²) in [6.45, 7) is 4.74. The van der Waals surface area contributed by atoms with Crippen molar-refractivity contribution >= 4 is 11.0 Å². The number of benzene rings is 2. The first-order chi connectivity index (χ1) is 14.2. The molecule has 5 rings (SSSR count). The molecule has 2 aromatic carbocycles. The molecule has 1 atom stereocenters. The zero-order chi connectivity index (χ0) is 19.8. The van der Waals surface area contributed by atoms with E-state index in [9.17, 15) is 9.50 Å². The van der Waals surface area contributed by atoms with Crippen molar-refractivity contribution < 1.29 is 14.0 Å². The van der Waals surface area contributed by atoms with Crippen LogP contribution in [0.1, 0.15) is 35.4 Å². The van der Waals surface area contributed by atoms with Gasteiger partial charge in [-0.15, -0.1) is 0 Å². The lowest BCUT2D eigenvalue weighted by molar-refractivity contribution is 0.0678. The molecule has 3 heterocycles. The fourth-order valence-corrected chi connectivity index (χ4v) is 5.00. The molecule has 0 spiro atoms. The van der Waals surface area contributed by atoms with Gasteiger partial charge in [0, 0.05) is 37.1 Å². The van der Waals surface area contributed by atoms with Crippen molar-refractivity contribution in [2.75, 3.05) is 26.2 Å². The first kappa shape index (κ1) is 18.7. The van der Waals surface area contributed by atoms with Crippen LogP contribution in [0.5, 0.6) is 0 Å². The highest BCUT2D eigenvalue weighted by Crippen LogP contribution is 2.34. The molecule has 1 unspecified atom stereocenters. The molecule has 0 amide bonds. The van der Waals surface area contributed by atoms with E-state index in [-0.39, 0.29) is 18.5 Å². The minimum absolute atomic E-state index is 0.133. The summed E-state index contributed by atoms with van der Waals surface area (Å²) in [6, 6.07) is 11.7. The fourth-order valence-electron chi connectivity index (χ4n) is 5.00. The van der Waals surface area contributed by atoms with Gasteiger partial charge in [0.25, 0.3) is 0 Å². The third-order valence-electron chi connectivity index (χ3n) is 6.54. The number of hydrogen-bond acceptors (Lipinski definition) is 5. The lowest BCUT2D eigenvalue weighted by Gasteiger charge is -2.38. The highest BCUT2D eigenvalue weighted by molar-refractivity contribution is 5.80. The average molecular weight is 395 g/mol. The Kier molecular flexibility index (Phi) is 5.08. The van der Waals surface area contributed by atoms with Crippen LogP contribution in [0.15, 0.2) is 47.1 Å². The second-order valence-corrected chi connectivity index (χ2v) is 8.32. The molecular formula is C23H26FN3O2. The van der Waals surface area contributed by atoms with Crippen LogP contribution in [-0.4, -0.2) is 52.3 Å². The van der Waals surface area contributed by atoms with E-state index in [0.29, 0.717) is 11.5 Å². The summed E-state index contributed by atoms with van der Waals surface area (Å²) in [5.41, 5.74) is 4.30. The summed E-state index contributed by atoms with van der Waals surface area (Å²) in [6.07, 6.45) is 3.58. The largest absolute Gasteiger partial charge is 0.395 e. The smallest absolute Gasteiger partial charge is 0.170 e. The van der Waals surface area contributed by atoms with Crippen molar-refractivity contribution in [3.63, 3.8) is 0 Å². The van der Waals surface area contributed by atoms with Gasteiger partial charge in [-0.25, -0.2) is 4.39 Å². The number of piperidine rings is 1. The third-order valence-corrected chi connectivity index (χ3v) is 6.54. The van der Waals surface area contributed by atoms with Crippen LogP contribution in [0.2, 0.25) is 0 Å². The van der Waals surface area contributed by atoms with Gasteiger partial charge in [0.2, 0.25) is 0 Å². The zero-order valence-corrected chi connectivity index (χ0v) is 16.4. The van der Waals surface area contributed by atoms with Gasteiger partial charge in [-0.3, -0.25) is 9.80 Å². The Labute approximate surface area is 169 Å². The van der Waals surface area contributed by atoms with Gasteiger partial charge in [0.1, 0.15) is 5.82 Å². The molecule has 1 fully saturated rings. The number of aliphatic hydroxyl groups excluding tert-OH is 1. The number of aliphatic hydroxyl groups is 1. The molecule has 3 aromatic rings. The quantitative estimate of drug-likeness (QED) is 0.716. The van der Waals surface area contributed by atoms with Crippen LogP contribution >= 0.6 is 0 Å². The molecular weight excluding hydrogens is 369 g/mol. The predicted octanol–water partition coefficient (Wildman–Crippen LogP) is 3.52. The fraction of sp³-hybridized carbons (Fsp3) is 0.435. The number of nitrogens with zero attached hydrogens (tertiary/aromatic N) is 3. The van der Waals surface area contributed by atoms with Crippen molar-refractivity contribution in [3.8, 4) is 0 Å². The minimum Gasteiger partial charge on any atom is -0.395 e. The Balaban J connectivity index is 1.23. The number of halogens is 1. The van der Waals surface area contributed by atoms with Crippen LogP contribution in [0, 0.1) is 5.82 Å². The summed E-state index contributed by atoms with van der Waals surface area (Å²) >= 11 is 0. The summed E-state index contributed by atoms with van der Waals surface area (Å²) in [5, 5.41) is 14.8. The maximum Gasteiger partial charge on any atom is 0.170 e. The first-order valence-electron chi connectivity index (χ1n) is 10.4. The van der Waals surface area contributed by atoms with E-state index in [1.54, 1.807) is 12.3 Å². The number of aromatic nitrogens is 1. The predicted molar refractivity (Wildman–Crippen MR) is 109 cm³/mol. The first-order valence-corrected chi connectivity index (χ1v) is 10.4. The Morgan fingerprint density at radius 2 is 1.86 bits per heavy atom. The average Bonchev–Trinajstić information content (AvgIpc) is 3.37. The van der Waals surface area contributed by atoms with Crippen molar-refractivity contribution in [2.45, 2.75) is 37.9 Å². The van der Waals surface area contributed by atoms with E-state index in [0.717, 1.165) is 56.5 Å². The molecule has 2 aliphatic rings. The molecule has 1 N–H and O–H groups in total. The lowest BCUT2D eigenvalue weighted by atomic mass is 9.87. The van der Waals surface area contributed by atoms with Gasteiger partial charge in [0.05, 0.1) is 12.8 Å². The maximum absolute atomic E-state index is 14.0. The van der Waals surface area contributed by atoms with Crippen molar-refractivity contribution in [2.24, 2.45) is 0 Å². The van der Waals surface area contributed by atoms with E-state index in [1.165, 1.54) is 17.2 Å². The molecule has 0 aliphatic carbocycles. The van der Waals surface area contributed by atoms with Gasteiger partial charge < -0.3 is 9.63 Å². The topological polar surface area (TPSA) is 52.7 Å². The molecule has 0 bridgehead atoms. The summed E-state index contributed by atoms with van der Waals surface area (Å²) in [4.78, 5) is 4.81. The molecule has 29 heavy (non-hydrogen) atoms. The molecule has 2 aliphatic heterocycles. The van der Waals surface area contributed by atoms with Crippen LogP contribution in [0.4, 0.5) is 4.39 Å². The number of likely N-dealkylation sites (tertiary alicyclic amines) is 1. The second kappa shape index (κ2) is 7.86. The van der Waals surface area contributed by atoms with E-state index in [2.05, 4.69) is 39.2 Å². The Bertz CT molecular complexity index is 972. The molecule has 5 nitrogen and oxygen atoms in total. The van der Waals surface area contributed by atoms with E-state index < -0.39 is 0 Å². The van der Waals surface area contributed by atoms with Crippen LogP contribution in [0.25, 0.3) is 11.0 Å². The summed E-state index contributed by atoms with van der Waals surface area (Å²) in [7, 11) is 0. The van der Waals surface area contributed by atoms with Crippen molar-refractivity contribution in [1.82, 2.24) is 15.0 Å². The number of hydrogen-bond donors (Lipinski definition) is 1. The summed E-state index contributed by atoms with van der Waals surface area (Å²) in [5.74, 6) is 0.0211. The second-order valence-electron chi connectivity index (χ2n) is 8.32. The standard InChI is InChI=1S/C23H26FN3O2/c24-19-9-21(22-11-25-29-23(22)10-19)16-5-7-27(8-6-16)20(15-28)14-26-12-17-3-1-2-4-18(17)13-26/h1-4,9-11,16,20,28H,5-8,12-15H2. The molecule has 6 heteroatoms. The molecule has 1 saturated heterocycles. The SMILES string of the molecule is OCC(CN1Cc2ccccc2C1)N1CCC(c2cc(F)cc3oncc23)CC1. The van der Waals surface area contributed by atoms with E-state index >= 15 is 0 Å². The van der Waals surface area contributed by atoms with Crippen LogP contribution in [-0.2, 0) is 13.1 Å². The third kappa shape index (κ3) is 3.68. The Hall–Kier alpha value is -2.28. The molecule has 152 valence electrons. The van der Waals surface area contributed by atoms with Crippen LogP contribution in [0.3, 0.4) is 0 Å². The van der Waals surface area contributed by atoms with Gasteiger partial charge in [-0.05, 0) is 54.6 Å². The van der Waals surface area contributed by atoms with Gasteiger partial charge >= 0.3 is 0 Å². The molecule has 1 aromatic heterocycles. The van der Waals surface area contributed by atoms with E-state index in [1.807, 2.05) is 0 Å². The maximum atomic E-state index is 14.0. The van der Waals surface area contributed by atoms with E-state index in [4.69, 9.17) is 4.52 Å².